The molecule has 2 aromatic heterocycles. The summed E-state index contributed by atoms with van der Waals surface area (Å²) in [5, 5.41) is 13.9. The third kappa shape index (κ3) is 3.21. The summed E-state index contributed by atoms with van der Waals surface area (Å²) in [6, 6.07) is 19.2. The Morgan fingerprint density at radius 3 is 2.45 bits per heavy atom. The monoisotopic (exact) mass is 407 g/mol. The largest absolute Gasteiger partial charge is 0.328 e. The van der Waals surface area contributed by atoms with Crippen LogP contribution in [-0.4, -0.2) is 25.2 Å². The molecule has 0 spiro atoms. The summed E-state index contributed by atoms with van der Waals surface area (Å²) in [5.74, 6) is 0.904. The van der Waals surface area contributed by atoms with E-state index in [0.717, 1.165) is 28.3 Å². The number of hydrogen-bond donors (Lipinski definition) is 0. The minimum Gasteiger partial charge on any atom is -0.328 e. The van der Waals surface area contributed by atoms with Crippen LogP contribution in [0, 0.1) is 25.2 Å². The van der Waals surface area contributed by atoms with E-state index in [-0.39, 0.29) is 5.91 Å². The standard InChI is InChI=1S/C25H21N5O/c1-17-5-10-23(18(2)13-17)30-24(28-11-3-4-12-28)21-15-29(16-22(21)27-30)25(31)20-8-6-19(14-26)7-9-20/h3-13H,15-16H2,1-2H3. The van der Waals surface area contributed by atoms with Crippen molar-refractivity contribution in [3.63, 3.8) is 0 Å². The second kappa shape index (κ2) is 7.29. The first kappa shape index (κ1) is 18.9. The maximum Gasteiger partial charge on any atom is 0.254 e. The smallest absolute Gasteiger partial charge is 0.254 e. The topological polar surface area (TPSA) is 66.8 Å². The van der Waals surface area contributed by atoms with Crippen molar-refractivity contribution >= 4 is 5.91 Å². The van der Waals surface area contributed by atoms with E-state index in [2.05, 4.69) is 42.7 Å². The first-order valence-electron chi connectivity index (χ1n) is 10.2. The van der Waals surface area contributed by atoms with Crippen LogP contribution in [0.15, 0.2) is 67.0 Å². The molecule has 0 unspecified atom stereocenters. The molecule has 0 saturated carbocycles. The molecule has 0 saturated heterocycles. The van der Waals surface area contributed by atoms with Crippen molar-refractivity contribution in [2.24, 2.45) is 0 Å². The van der Waals surface area contributed by atoms with Crippen molar-refractivity contribution in [3.05, 3.63) is 101 Å². The predicted octanol–water partition coefficient (Wildman–Crippen LogP) is 4.31. The van der Waals surface area contributed by atoms with Crippen molar-refractivity contribution in [1.82, 2.24) is 19.2 Å². The Balaban J connectivity index is 1.53. The number of aryl methyl sites for hydroxylation is 2. The summed E-state index contributed by atoms with van der Waals surface area (Å²) in [4.78, 5) is 14.9. The molecule has 0 N–H and O–H groups in total. The zero-order chi connectivity index (χ0) is 21.5. The zero-order valence-corrected chi connectivity index (χ0v) is 17.4. The molecule has 3 heterocycles. The van der Waals surface area contributed by atoms with Crippen molar-refractivity contribution in [1.29, 1.82) is 5.26 Å². The van der Waals surface area contributed by atoms with Gasteiger partial charge in [0, 0.05) is 23.5 Å². The number of carbonyl (C=O) groups excluding carboxylic acids is 1. The van der Waals surface area contributed by atoms with Crippen LogP contribution in [0.1, 0.15) is 38.3 Å². The Labute approximate surface area is 180 Å². The molecule has 0 fully saturated rings. The molecule has 0 radical (unpaired) electrons. The summed E-state index contributed by atoms with van der Waals surface area (Å²) >= 11 is 0. The van der Waals surface area contributed by atoms with Crippen LogP contribution in [0.25, 0.3) is 11.5 Å². The first-order valence-corrected chi connectivity index (χ1v) is 10.2. The van der Waals surface area contributed by atoms with Crippen molar-refractivity contribution in [2.75, 3.05) is 0 Å². The third-order valence-corrected chi connectivity index (χ3v) is 5.71. The van der Waals surface area contributed by atoms with Gasteiger partial charge in [0.15, 0.2) is 0 Å². The van der Waals surface area contributed by atoms with Gasteiger partial charge < -0.3 is 9.47 Å². The second-order valence-corrected chi connectivity index (χ2v) is 7.89. The average molecular weight is 407 g/mol. The maximum atomic E-state index is 13.1. The van der Waals surface area contributed by atoms with E-state index in [9.17, 15) is 4.79 Å². The first-order chi connectivity index (χ1) is 15.0. The van der Waals surface area contributed by atoms with Gasteiger partial charge in [-0.3, -0.25) is 4.79 Å². The minimum absolute atomic E-state index is 0.0565. The van der Waals surface area contributed by atoms with Gasteiger partial charge in [0.2, 0.25) is 0 Å². The highest BCUT2D eigenvalue weighted by Crippen LogP contribution is 2.32. The fraction of sp³-hybridized carbons (Fsp3) is 0.160. The minimum atomic E-state index is -0.0565. The molecule has 6 nitrogen and oxygen atoms in total. The number of amides is 1. The van der Waals surface area contributed by atoms with E-state index in [0.29, 0.717) is 24.2 Å². The summed E-state index contributed by atoms with van der Waals surface area (Å²) in [6.07, 6.45) is 4.00. The van der Waals surface area contributed by atoms with Gasteiger partial charge in [-0.25, -0.2) is 4.68 Å². The maximum absolute atomic E-state index is 13.1. The molecule has 2 aromatic carbocycles. The highest BCUT2D eigenvalue weighted by atomic mass is 16.2. The molecule has 5 rings (SSSR count). The number of nitriles is 1. The van der Waals surface area contributed by atoms with E-state index in [1.807, 2.05) is 29.2 Å². The Morgan fingerprint density at radius 2 is 1.77 bits per heavy atom. The summed E-state index contributed by atoms with van der Waals surface area (Å²) in [6.45, 7) is 5.13. The second-order valence-electron chi connectivity index (χ2n) is 7.89. The molecule has 152 valence electrons. The number of rotatable bonds is 3. The summed E-state index contributed by atoms with van der Waals surface area (Å²) < 4.78 is 4.05. The molecule has 4 aromatic rings. The Hall–Kier alpha value is -4.11. The van der Waals surface area contributed by atoms with Gasteiger partial charge in [0.25, 0.3) is 5.91 Å². The normalized spacial score (nSPS) is 12.6. The van der Waals surface area contributed by atoms with E-state index < -0.39 is 0 Å². The van der Waals surface area contributed by atoms with E-state index in [4.69, 9.17) is 10.4 Å². The lowest BCUT2D eigenvalue weighted by atomic mass is 10.1. The van der Waals surface area contributed by atoms with Crippen molar-refractivity contribution in [3.8, 4) is 17.6 Å². The summed E-state index contributed by atoms with van der Waals surface area (Å²) in [7, 11) is 0. The van der Waals surface area contributed by atoms with Crippen LogP contribution in [0.5, 0.6) is 0 Å². The molecular weight excluding hydrogens is 386 g/mol. The molecule has 0 bridgehead atoms. The Morgan fingerprint density at radius 1 is 1.03 bits per heavy atom. The van der Waals surface area contributed by atoms with Crippen LogP contribution in [0.4, 0.5) is 0 Å². The number of benzene rings is 2. The fourth-order valence-corrected chi connectivity index (χ4v) is 4.17. The van der Waals surface area contributed by atoms with Gasteiger partial charge in [0.05, 0.1) is 36.1 Å². The lowest BCUT2D eigenvalue weighted by Crippen LogP contribution is -2.26. The van der Waals surface area contributed by atoms with E-state index in [1.165, 1.54) is 5.56 Å². The number of carbonyl (C=O) groups is 1. The van der Waals surface area contributed by atoms with Crippen LogP contribution >= 0.6 is 0 Å². The van der Waals surface area contributed by atoms with E-state index >= 15 is 0 Å². The van der Waals surface area contributed by atoms with Crippen LogP contribution in [0.2, 0.25) is 0 Å². The van der Waals surface area contributed by atoms with Gasteiger partial charge in [0.1, 0.15) is 5.82 Å². The lowest BCUT2D eigenvalue weighted by Gasteiger charge is -2.18. The van der Waals surface area contributed by atoms with Gasteiger partial charge in [-0.2, -0.15) is 10.4 Å². The summed E-state index contributed by atoms with van der Waals surface area (Å²) in [5.41, 5.74) is 6.48. The SMILES string of the molecule is Cc1ccc(-n2nc3c(c2-n2cccc2)CN(C(=O)c2ccc(C#N)cc2)C3)c(C)c1. The highest BCUT2D eigenvalue weighted by Gasteiger charge is 2.32. The van der Waals surface area contributed by atoms with Crippen molar-refractivity contribution < 1.29 is 4.79 Å². The molecule has 1 aliphatic rings. The lowest BCUT2D eigenvalue weighted by molar-refractivity contribution is 0.0749. The van der Waals surface area contributed by atoms with Gasteiger partial charge in [-0.15, -0.1) is 0 Å². The van der Waals surface area contributed by atoms with Crippen LogP contribution in [-0.2, 0) is 13.1 Å². The molecule has 1 aliphatic heterocycles. The number of nitrogens with zero attached hydrogens (tertiary/aromatic N) is 5. The predicted molar refractivity (Wildman–Crippen MR) is 117 cm³/mol. The Bertz CT molecular complexity index is 1320. The molecule has 31 heavy (non-hydrogen) atoms. The zero-order valence-electron chi connectivity index (χ0n) is 17.4. The Kier molecular flexibility index (Phi) is 4.45. The van der Waals surface area contributed by atoms with Crippen molar-refractivity contribution in [2.45, 2.75) is 26.9 Å². The quantitative estimate of drug-likeness (QED) is 0.508. The van der Waals surface area contributed by atoms with Gasteiger partial charge in [-0.05, 0) is 61.9 Å². The highest BCUT2D eigenvalue weighted by molar-refractivity contribution is 5.94. The third-order valence-electron chi connectivity index (χ3n) is 5.71. The van der Waals surface area contributed by atoms with Gasteiger partial charge >= 0.3 is 0 Å². The molecule has 6 heteroatoms. The number of aromatic nitrogens is 3. The van der Waals surface area contributed by atoms with Gasteiger partial charge in [-0.1, -0.05) is 17.7 Å². The molecular formula is C25H21N5O. The molecule has 1 amide bonds. The van der Waals surface area contributed by atoms with Crippen LogP contribution < -0.4 is 0 Å². The number of hydrogen-bond acceptors (Lipinski definition) is 3. The number of fused-ring (bicyclic) bond motifs is 1. The van der Waals surface area contributed by atoms with Crippen LogP contribution in [0.3, 0.4) is 0 Å². The fourth-order valence-electron chi connectivity index (χ4n) is 4.17. The average Bonchev–Trinajstić information content (AvgIpc) is 3.49. The molecule has 0 atom stereocenters. The molecule has 0 aliphatic carbocycles. The van der Waals surface area contributed by atoms with E-state index in [1.54, 1.807) is 29.2 Å².